The Morgan fingerprint density at radius 2 is 2.20 bits per heavy atom. The molecule has 0 aromatic heterocycles. The molecular weight excluding hydrogens is 290 g/mol. The van der Waals surface area contributed by atoms with Crippen LogP contribution in [0.4, 0.5) is 8.78 Å². The number of halogens is 3. The first kappa shape index (κ1) is 16.7. The summed E-state index contributed by atoms with van der Waals surface area (Å²) in [7, 11) is 0. The van der Waals surface area contributed by atoms with E-state index in [1.165, 1.54) is 6.07 Å². The van der Waals surface area contributed by atoms with Gasteiger partial charge in [-0.05, 0) is 19.0 Å². The van der Waals surface area contributed by atoms with Crippen LogP contribution in [0.5, 0.6) is 5.75 Å². The van der Waals surface area contributed by atoms with E-state index in [0.717, 1.165) is 13.0 Å². The second kappa shape index (κ2) is 8.01. The smallest absolute Gasteiger partial charge is 0.387 e. The first-order valence-electron chi connectivity index (χ1n) is 6.18. The van der Waals surface area contributed by atoms with Gasteiger partial charge >= 0.3 is 6.61 Å². The molecule has 0 radical (unpaired) electrons. The van der Waals surface area contributed by atoms with E-state index < -0.39 is 6.61 Å². The molecule has 20 heavy (non-hydrogen) atoms. The van der Waals surface area contributed by atoms with Gasteiger partial charge in [-0.15, -0.1) is 12.4 Å². The van der Waals surface area contributed by atoms with Crippen LogP contribution in [0.1, 0.15) is 12.0 Å². The molecule has 2 N–H and O–H groups in total. The van der Waals surface area contributed by atoms with Crippen molar-refractivity contribution >= 4 is 18.3 Å². The Balaban J connectivity index is 0.00000200. The second-order valence-electron chi connectivity index (χ2n) is 4.39. The Hall–Kier alpha value is -1.40. The molecule has 1 aromatic carbocycles. The van der Waals surface area contributed by atoms with Crippen LogP contribution in [0.15, 0.2) is 24.3 Å². The maximum absolute atomic E-state index is 12.2. The van der Waals surface area contributed by atoms with Gasteiger partial charge in [-0.2, -0.15) is 8.78 Å². The number of para-hydroxylation sites is 1. The number of ether oxygens (including phenoxy) is 1. The van der Waals surface area contributed by atoms with E-state index in [9.17, 15) is 13.6 Å². The first-order valence-corrected chi connectivity index (χ1v) is 6.18. The van der Waals surface area contributed by atoms with Crippen LogP contribution in [0, 0.1) is 5.92 Å². The third-order valence-corrected chi connectivity index (χ3v) is 3.07. The van der Waals surface area contributed by atoms with E-state index in [1.54, 1.807) is 18.2 Å². The zero-order chi connectivity index (χ0) is 13.7. The summed E-state index contributed by atoms with van der Waals surface area (Å²) >= 11 is 0. The van der Waals surface area contributed by atoms with E-state index in [4.69, 9.17) is 0 Å². The molecule has 4 nitrogen and oxygen atoms in total. The fourth-order valence-electron chi connectivity index (χ4n) is 2.07. The van der Waals surface area contributed by atoms with Gasteiger partial charge in [-0.25, -0.2) is 0 Å². The Morgan fingerprint density at radius 1 is 1.45 bits per heavy atom. The van der Waals surface area contributed by atoms with Crippen molar-refractivity contribution in [2.45, 2.75) is 19.6 Å². The van der Waals surface area contributed by atoms with Gasteiger partial charge in [-0.3, -0.25) is 4.79 Å². The molecule has 1 aliphatic rings. The van der Waals surface area contributed by atoms with Gasteiger partial charge in [0.05, 0.1) is 5.92 Å². The zero-order valence-electron chi connectivity index (χ0n) is 10.8. The van der Waals surface area contributed by atoms with E-state index in [2.05, 4.69) is 15.4 Å². The van der Waals surface area contributed by atoms with Crippen molar-refractivity contribution in [2.75, 3.05) is 13.1 Å². The number of amides is 1. The van der Waals surface area contributed by atoms with E-state index in [0.29, 0.717) is 12.1 Å². The number of alkyl halides is 2. The van der Waals surface area contributed by atoms with Gasteiger partial charge < -0.3 is 15.4 Å². The van der Waals surface area contributed by atoms with E-state index in [1.807, 2.05) is 0 Å². The zero-order valence-corrected chi connectivity index (χ0v) is 11.6. The molecule has 1 saturated heterocycles. The summed E-state index contributed by atoms with van der Waals surface area (Å²) in [5.41, 5.74) is 0.544. The minimum atomic E-state index is -2.86. The molecule has 1 amide bonds. The van der Waals surface area contributed by atoms with Gasteiger partial charge in [0.2, 0.25) is 5.91 Å². The van der Waals surface area contributed by atoms with Crippen molar-refractivity contribution in [3.05, 3.63) is 29.8 Å². The molecule has 1 heterocycles. The highest BCUT2D eigenvalue weighted by Crippen LogP contribution is 2.20. The van der Waals surface area contributed by atoms with Crippen molar-refractivity contribution in [1.82, 2.24) is 10.6 Å². The average Bonchev–Trinajstić information content (AvgIpc) is 2.90. The normalized spacial score (nSPS) is 17.6. The fraction of sp³-hybridized carbons (Fsp3) is 0.462. The van der Waals surface area contributed by atoms with E-state index in [-0.39, 0.29) is 36.5 Å². The van der Waals surface area contributed by atoms with Crippen LogP contribution in [0.25, 0.3) is 0 Å². The molecule has 7 heteroatoms. The summed E-state index contributed by atoms with van der Waals surface area (Å²) in [6.07, 6.45) is 0.807. The van der Waals surface area contributed by atoms with Gasteiger partial charge in [0.1, 0.15) is 5.75 Å². The summed E-state index contributed by atoms with van der Waals surface area (Å²) < 4.78 is 28.9. The Bertz CT molecular complexity index is 440. The van der Waals surface area contributed by atoms with Crippen LogP contribution >= 0.6 is 12.4 Å². The number of hydrogen-bond donors (Lipinski definition) is 2. The standard InChI is InChI=1S/C13H16F2N2O2.ClH/c14-13(15)19-11-4-2-1-3-9(11)8-17-12(18)10-5-6-16-7-10;/h1-4,10,13,16H,5-8H2,(H,17,18);1H. The number of nitrogens with one attached hydrogen (secondary N) is 2. The number of benzene rings is 1. The lowest BCUT2D eigenvalue weighted by molar-refractivity contribution is -0.124. The highest BCUT2D eigenvalue weighted by atomic mass is 35.5. The van der Waals surface area contributed by atoms with Gasteiger partial charge in [0.15, 0.2) is 0 Å². The highest BCUT2D eigenvalue weighted by Gasteiger charge is 2.22. The SMILES string of the molecule is Cl.O=C(NCc1ccccc1OC(F)F)C1CCNC1. The third kappa shape index (κ3) is 4.61. The monoisotopic (exact) mass is 306 g/mol. The molecule has 112 valence electrons. The summed E-state index contributed by atoms with van der Waals surface area (Å²) in [5, 5.41) is 5.85. The molecule has 1 atom stereocenters. The molecule has 1 aliphatic heterocycles. The lowest BCUT2D eigenvalue weighted by Gasteiger charge is -2.13. The molecule has 0 saturated carbocycles. The summed E-state index contributed by atoms with van der Waals surface area (Å²) in [6, 6.07) is 6.45. The lowest BCUT2D eigenvalue weighted by atomic mass is 10.1. The number of rotatable bonds is 5. The van der Waals surface area contributed by atoms with Crippen molar-refractivity contribution in [3.63, 3.8) is 0 Å². The summed E-state index contributed by atoms with van der Waals surface area (Å²) in [6.45, 7) is -1.17. The predicted octanol–water partition coefficient (Wildman–Crippen LogP) is 1.94. The van der Waals surface area contributed by atoms with Crippen molar-refractivity contribution in [3.8, 4) is 5.75 Å². The van der Waals surface area contributed by atoms with Gasteiger partial charge in [0, 0.05) is 18.7 Å². The topological polar surface area (TPSA) is 50.4 Å². The van der Waals surface area contributed by atoms with Crippen LogP contribution in [0.3, 0.4) is 0 Å². The van der Waals surface area contributed by atoms with Gasteiger partial charge in [0.25, 0.3) is 0 Å². The van der Waals surface area contributed by atoms with Gasteiger partial charge in [-0.1, -0.05) is 18.2 Å². The molecule has 2 rings (SSSR count). The van der Waals surface area contributed by atoms with Crippen molar-refractivity contribution in [2.24, 2.45) is 5.92 Å². The third-order valence-electron chi connectivity index (χ3n) is 3.07. The van der Waals surface area contributed by atoms with Crippen molar-refractivity contribution < 1.29 is 18.3 Å². The van der Waals surface area contributed by atoms with Crippen LogP contribution < -0.4 is 15.4 Å². The molecule has 1 fully saturated rings. The number of carbonyl (C=O) groups is 1. The minimum absolute atomic E-state index is 0. The molecule has 0 bridgehead atoms. The minimum Gasteiger partial charge on any atom is -0.434 e. The fourth-order valence-corrected chi connectivity index (χ4v) is 2.07. The molecule has 1 aromatic rings. The van der Waals surface area contributed by atoms with E-state index >= 15 is 0 Å². The first-order chi connectivity index (χ1) is 9.16. The lowest BCUT2D eigenvalue weighted by Crippen LogP contribution is -2.31. The Labute approximate surface area is 122 Å². The number of hydrogen-bond acceptors (Lipinski definition) is 3. The molecule has 0 spiro atoms. The van der Waals surface area contributed by atoms with Crippen LogP contribution in [-0.2, 0) is 11.3 Å². The quantitative estimate of drug-likeness (QED) is 0.874. The largest absolute Gasteiger partial charge is 0.434 e. The summed E-state index contributed by atoms with van der Waals surface area (Å²) in [4.78, 5) is 11.8. The van der Waals surface area contributed by atoms with Crippen LogP contribution in [-0.4, -0.2) is 25.6 Å². The molecule has 1 unspecified atom stereocenters. The van der Waals surface area contributed by atoms with Crippen LogP contribution in [0.2, 0.25) is 0 Å². The highest BCUT2D eigenvalue weighted by molar-refractivity contribution is 5.85. The molecular formula is C13H17ClF2N2O2. The second-order valence-corrected chi connectivity index (χ2v) is 4.39. The predicted molar refractivity (Wildman–Crippen MR) is 73.1 cm³/mol. The summed E-state index contributed by atoms with van der Waals surface area (Å²) in [5.74, 6) is 0.00220. The maximum Gasteiger partial charge on any atom is 0.387 e. The Kier molecular flexibility index (Phi) is 6.67. The average molecular weight is 307 g/mol. The number of carbonyl (C=O) groups excluding carboxylic acids is 1. The van der Waals surface area contributed by atoms with Crippen molar-refractivity contribution in [1.29, 1.82) is 0 Å². The molecule has 0 aliphatic carbocycles. The Morgan fingerprint density at radius 3 is 2.85 bits per heavy atom. The maximum atomic E-state index is 12.2.